The van der Waals surface area contributed by atoms with Gasteiger partial charge in [0.1, 0.15) is 18.8 Å². The van der Waals surface area contributed by atoms with Crippen LogP contribution in [-0.4, -0.2) is 168 Å². The lowest BCUT2D eigenvalue weighted by molar-refractivity contribution is -0.160. The number of carboxylic acid groups (broad SMARTS) is 1. The van der Waals surface area contributed by atoms with E-state index in [0.29, 0.717) is 126 Å². The Bertz CT molecular complexity index is 615. The van der Waals surface area contributed by atoms with Crippen LogP contribution in [0.1, 0.15) is 20.8 Å². The fourth-order valence-electron chi connectivity index (χ4n) is 2.78. The van der Waals surface area contributed by atoms with Crippen molar-refractivity contribution < 1.29 is 71.5 Å². The summed E-state index contributed by atoms with van der Waals surface area (Å²) in [4.78, 5) is 21.7. The molecule has 0 aliphatic rings. The lowest BCUT2D eigenvalue weighted by atomic mass is 10.2. The lowest BCUT2D eigenvalue weighted by Gasteiger charge is -2.19. The van der Waals surface area contributed by atoms with Crippen LogP contribution in [0.2, 0.25) is 0 Å². The van der Waals surface area contributed by atoms with Gasteiger partial charge in [-0.25, -0.2) is 9.59 Å². The summed E-state index contributed by atoms with van der Waals surface area (Å²) >= 11 is 0. The van der Waals surface area contributed by atoms with Crippen molar-refractivity contribution in [1.29, 1.82) is 0 Å². The second-order valence-electron chi connectivity index (χ2n) is 9.60. The Kier molecular flexibility index (Phi) is 30.8. The van der Waals surface area contributed by atoms with Crippen LogP contribution >= 0.6 is 0 Å². The first-order chi connectivity index (χ1) is 20.8. The minimum atomic E-state index is -0.999. The maximum atomic E-state index is 11.5. The molecule has 15 heteroatoms. The van der Waals surface area contributed by atoms with Crippen molar-refractivity contribution in [3.63, 3.8) is 0 Å². The zero-order valence-corrected chi connectivity index (χ0v) is 26.2. The van der Waals surface area contributed by atoms with Gasteiger partial charge in [-0.15, -0.1) is 0 Å². The van der Waals surface area contributed by atoms with Crippen LogP contribution in [0.4, 0.5) is 0 Å². The Morgan fingerprint density at radius 2 is 0.605 bits per heavy atom. The molecule has 15 nitrogen and oxygen atoms in total. The zero-order chi connectivity index (χ0) is 31.7. The fourth-order valence-corrected chi connectivity index (χ4v) is 2.78. The largest absolute Gasteiger partial charge is 0.480 e. The first-order valence-electron chi connectivity index (χ1n) is 14.6. The van der Waals surface area contributed by atoms with E-state index in [9.17, 15) is 9.59 Å². The summed E-state index contributed by atoms with van der Waals surface area (Å²) in [5, 5.41) is 8.41. The molecular weight excluding hydrogens is 576 g/mol. The molecule has 0 saturated heterocycles. The summed E-state index contributed by atoms with van der Waals surface area (Å²) in [5.41, 5.74) is -0.515. The highest BCUT2D eigenvalue weighted by molar-refractivity contribution is 5.71. The van der Waals surface area contributed by atoms with Crippen LogP contribution in [0.5, 0.6) is 0 Å². The lowest BCUT2D eigenvalue weighted by Crippen LogP contribution is -2.27. The number of hydrogen-bond donors (Lipinski definition) is 1. The monoisotopic (exact) mass is 630 g/mol. The molecule has 1 N–H and O–H groups in total. The number of hydrogen-bond acceptors (Lipinski definition) is 14. The van der Waals surface area contributed by atoms with Crippen LogP contribution < -0.4 is 0 Å². The summed E-state index contributed by atoms with van der Waals surface area (Å²) in [6.45, 7) is 13.6. The molecule has 0 radical (unpaired) electrons. The fraction of sp³-hybridized carbons (Fsp3) is 0.929. The highest BCUT2D eigenvalue weighted by Gasteiger charge is 2.15. The summed E-state index contributed by atoms with van der Waals surface area (Å²) in [6, 6.07) is 0. The van der Waals surface area contributed by atoms with Crippen LogP contribution in [0, 0.1) is 0 Å². The SMILES string of the molecule is CC(C)(C)OC(=O)COCCOCCOCCOCCOCCOCCOCCOCCOCCOCCOCC(=O)O. The van der Waals surface area contributed by atoms with Crippen molar-refractivity contribution in [2.45, 2.75) is 26.4 Å². The van der Waals surface area contributed by atoms with Gasteiger partial charge >= 0.3 is 11.9 Å². The van der Waals surface area contributed by atoms with Gasteiger partial charge < -0.3 is 61.9 Å². The predicted molar refractivity (Wildman–Crippen MR) is 152 cm³/mol. The summed E-state index contributed by atoms with van der Waals surface area (Å²) in [6.07, 6.45) is 0. The third-order valence-corrected chi connectivity index (χ3v) is 4.59. The second kappa shape index (κ2) is 31.9. The van der Waals surface area contributed by atoms with E-state index < -0.39 is 17.5 Å². The maximum Gasteiger partial charge on any atom is 0.332 e. The molecule has 0 aliphatic heterocycles. The number of aliphatic carboxylic acids is 1. The molecule has 0 amide bonds. The summed E-state index contributed by atoms with van der Waals surface area (Å²) in [5.74, 6) is -1.39. The predicted octanol–water partition coefficient (Wildman–Crippen LogP) is 0.595. The second-order valence-corrected chi connectivity index (χ2v) is 9.60. The zero-order valence-electron chi connectivity index (χ0n) is 26.2. The van der Waals surface area contributed by atoms with Crippen LogP contribution in [0.3, 0.4) is 0 Å². The van der Waals surface area contributed by atoms with E-state index in [1.165, 1.54) is 0 Å². The van der Waals surface area contributed by atoms with Crippen LogP contribution in [0.15, 0.2) is 0 Å². The molecule has 0 bridgehead atoms. The molecule has 0 atom stereocenters. The van der Waals surface area contributed by atoms with E-state index >= 15 is 0 Å². The molecule has 0 spiro atoms. The topological polar surface area (TPSA) is 165 Å². The first-order valence-corrected chi connectivity index (χ1v) is 14.6. The molecule has 256 valence electrons. The van der Waals surface area contributed by atoms with Gasteiger partial charge in [0.2, 0.25) is 0 Å². The molecule has 0 heterocycles. The van der Waals surface area contributed by atoms with Crippen LogP contribution in [-0.2, 0) is 66.4 Å². The van der Waals surface area contributed by atoms with Gasteiger partial charge in [0, 0.05) is 0 Å². The van der Waals surface area contributed by atoms with E-state index in [2.05, 4.69) is 0 Å². The van der Waals surface area contributed by atoms with Crippen molar-refractivity contribution in [3.8, 4) is 0 Å². The molecule has 0 aromatic heterocycles. The number of ether oxygens (including phenoxy) is 12. The number of carbonyl (C=O) groups is 2. The van der Waals surface area contributed by atoms with Gasteiger partial charge in [-0.3, -0.25) is 0 Å². The smallest absolute Gasteiger partial charge is 0.332 e. The van der Waals surface area contributed by atoms with Gasteiger partial charge in [0.25, 0.3) is 0 Å². The average Bonchev–Trinajstić information content (AvgIpc) is 2.94. The Morgan fingerprint density at radius 1 is 0.395 bits per heavy atom. The minimum absolute atomic E-state index is 0.0887. The summed E-state index contributed by atoms with van der Waals surface area (Å²) in [7, 11) is 0. The molecule has 0 aromatic carbocycles. The highest BCUT2D eigenvalue weighted by atomic mass is 16.6. The third kappa shape index (κ3) is 38.5. The Hall–Kier alpha value is -1.50. The van der Waals surface area contributed by atoms with E-state index in [1.54, 1.807) is 0 Å². The third-order valence-electron chi connectivity index (χ3n) is 4.59. The number of carboxylic acids is 1. The van der Waals surface area contributed by atoms with Crippen molar-refractivity contribution in [2.24, 2.45) is 0 Å². The summed E-state index contributed by atoms with van der Waals surface area (Å²) < 4.78 is 63.7. The molecule has 0 saturated carbocycles. The van der Waals surface area contributed by atoms with Gasteiger partial charge in [-0.05, 0) is 20.8 Å². The van der Waals surface area contributed by atoms with Crippen molar-refractivity contribution in [2.75, 3.05) is 145 Å². The van der Waals surface area contributed by atoms with E-state index in [4.69, 9.17) is 61.9 Å². The molecule has 43 heavy (non-hydrogen) atoms. The number of esters is 1. The molecule has 0 aliphatic carbocycles. The maximum absolute atomic E-state index is 11.5. The van der Waals surface area contributed by atoms with E-state index in [-0.39, 0.29) is 19.8 Å². The van der Waals surface area contributed by atoms with E-state index in [1.807, 2.05) is 20.8 Å². The Morgan fingerprint density at radius 3 is 0.814 bits per heavy atom. The van der Waals surface area contributed by atoms with Gasteiger partial charge in [0.05, 0.1) is 132 Å². The molecule has 0 unspecified atom stereocenters. The normalized spacial score (nSPS) is 11.7. The van der Waals surface area contributed by atoms with Gasteiger partial charge in [0.15, 0.2) is 0 Å². The Balaban J connectivity index is 3.10. The van der Waals surface area contributed by atoms with Gasteiger partial charge in [-0.2, -0.15) is 0 Å². The van der Waals surface area contributed by atoms with Crippen molar-refractivity contribution in [1.82, 2.24) is 0 Å². The minimum Gasteiger partial charge on any atom is -0.480 e. The Labute approximate surface area is 255 Å². The van der Waals surface area contributed by atoms with Crippen LogP contribution in [0.25, 0.3) is 0 Å². The highest BCUT2D eigenvalue weighted by Crippen LogP contribution is 2.06. The quantitative estimate of drug-likeness (QED) is 0.0775. The molecule has 0 fully saturated rings. The van der Waals surface area contributed by atoms with Crippen molar-refractivity contribution >= 4 is 11.9 Å². The molecule has 0 aromatic rings. The average molecular weight is 631 g/mol. The van der Waals surface area contributed by atoms with Crippen molar-refractivity contribution in [3.05, 3.63) is 0 Å². The standard InChI is InChI=1S/C28H54O15/c1-28(2,3)43-27(31)25-42-23-21-40-19-17-38-15-13-36-11-9-34-7-5-32-4-6-33-8-10-35-12-14-37-16-18-39-20-22-41-24-26(29)30/h4-25H2,1-3H3,(H,29,30). The van der Waals surface area contributed by atoms with E-state index in [0.717, 1.165) is 0 Å². The molecule has 0 rings (SSSR count). The molecular formula is C28H54O15. The first kappa shape index (κ1) is 41.5. The number of rotatable bonds is 34. The number of carbonyl (C=O) groups excluding carboxylic acids is 1. The van der Waals surface area contributed by atoms with Gasteiger partial charge in [-0.1, -0.05) is 0 Å².